The first-order chi connectivity index (χ1) is 8.37. The highest BCUT2D eigenvalue weighted by Gasteiger charge is 2.23. The minimum Gasteiger partial charge on any atom is -0.396 e. The second kappa shape index (κ2) is 4.41. The number of sulfone groups is 1. The highest BCUT2D eigenvalue weighted by molar-refractivity contribution is 7.94. The van der Waals surface area contributed by atoms with Crippen molar-refractivity contribution in [2.75, 3.05) is 11.5 Å². The van der Waals surface area contributed by atoms with Gasteiger partial charge in [0.15, 0.2) is 9.84 Å². The lowest BCUT2D eigenvalue weighted by atomic mass is 10.1. The van der Waals surface area contributed by atoms with E-state index in [2.05, 4.69) is 5.32 Å². The third-order valence-electron chi connectivity index (χ3n) is 2.50. The number of benzene rings is 1. The molecular weight excluding hydrogens is 259 g/mol. The van der Waals surface area contributed by atoms with Crippen LogP contribution in [0.3, 0.4) is 0 Å². The second-order valence-corrected chi connectivity index (χ2v) is 5.91. The Hall–Kier alpha value is -1.89. The second-order valence-electron chi connectivity index (χ2n) is 3.97. The van der Waals surface area contributed by atoms with E-state index < -0.39 is 27.6 Å². The summed E-state index contributed by atoms with van der Waals surface area (Å²) in [6.45, 7) is 0. The summed E-state index contributed by atoms with van der Waals surface area (Å²) in [6.07, 6.45) is 1.40. The van der Waals surface area contributed by atoms with Crippen molar-refractivity contribution in [3.63, 3.8) is 0 Å². The highest BCUT2D eigenvalue weighted by atomic mass is 32.2. The maximum atomic E-state index is 12.9. The summed E-state index contributed by atoms with van der Waals surface area (Å²) < 4.78 is 35.2. The maximum Gasteiger partial charge on any atom is 0.251 e. The summed E-state index contributed by atoms with van der Waals surface area (Å²) in [4.78, 5) is 11.8. The normalized spacial score (nSPS) is 20.8. The Kier molecular flexibility index (Phi) is 3.08. The van der Waals surface area contributed by atoms with E-state index in [4.69, 9.17) is 5.73 Å². The van der Waals surface area contributed by atoms with Crippen LogP contribution in [0.2, 0.25) is 0 Å². The number of nitrogen functional groups attached to an aromatic ring is 1. The molecule has 0 saturated heterocycles. The van der Waals surface area contributed by atoms with Crippen LogP contribution in [-0.2, 0) is 9.84 Å². The first kappa shape index (κ1) is 12.6. The third-order valence-corrected chi connectivity index (χ3v) is 3.90. The van der Waals surface area contributed by atoms with Crippen LogP contribution in [0.1, 0.15) is 10.4 Å². The molecule has 0 radical (unpaired) electrons. The molecule has 0 aliphatic carbocycles. The fourth-order valence-electron chi connectivity index (χ4n) is 1.60. The van der Waals surface area contributed by atoms with E-state index in [1.165, 1.54) is 18.2 Å². The van der Waals surface area contributed by atoms with Crippen LogP contribution in [0, 0.1) is 5.82 Å². The molecule has 1 aliphatic heterocycles. The van der Waals surface area contributed by atoms with Crippen LogP contribution in [0.25, 0.3) is 0 Å². The van der Waals surface area contributed by atoms with E-state index >= 15 is 0 Å². The van der Waals surface area contributed by atoms with Gasteiger partial charge in [-0.2, -0.15) is 0 Å². The molecule has 0 fully saturated rings. The van der Waals surface area contributed by atoms with Gasteiger partial charge in [-0.1, -0.05) is 0 Å². The highest BCUT2D eigenvalue weighted by Crippen LogP contribution is 2.13. The van der Waals surface area contributed by atoms with E-state index in [9.17, 15) is 17.6 Å². The van der Waals surface area contributed by atoms with E-state index in [1.807, 2.05) is 0 Å². The SMILES string of the molecule is Nc1cc(C(=O)NC2C=CS(=O)(=O)C2)ccc1F. The van der Waals surface area contributed by atoms with Crippen LogP contribution in [0.15, 0.2) is 29.7 Å². The molecule has 0 aromatic heterocycles. The van der Waals surface area contributed by atoms with Crippen molar-refractivity contribution in [2.24, 2.45) is 0 Å². The zero-order valence-electron chi connectivity index (χ0n) is 9.26. The predicted molar refractivity (Wildman–Crippen MR) is 65.0 cm³/mol. The molecule has 3 N–H and O–H groups in total. The van der Waals surface area contributed by atoms with Crippen molar-refractivity contribution in [3.8, 4) is 0 Å². The molecule has 1 heterocycles. The average Bonchev–Trinajstić information content (AvgIpc) is 2.62. The number of amides is 1. The zero-order valence-corrected chi connectivity index (χ0v) is 10.1. The number of hydrogen-bond acceptors (Lipinski definition) is 4. The lowest BCUT2D eigenvalue weighted by molar-refractivity contribution is 0.0947. The van der Waals surface area contributed by atoms with Crippen molar-refractivity contribution >= 4 is 21.4 Å². The summed E-state index contributed by atoms with van der Waals surface area (Å²) in [7, 11) is -3.22. The topological polar surface area (TPSA) is 89.3 Å². The van der Waals surface area contributed by atoms with Gasteiger partial charge in [0, 0.05) is 11.0 Å². The Labute approximate surface area is 103 Å². The van der Waals surface area contributed by atoms with Gasteiger partial charge >= 0.3 is 0 Å². The summed E-state index contributed by atoms with van der Waals surface area (Å²) in [6, 6.07) is 3.02. The maximum absolute atomic E-state index is 12.9. The Morgan fingerprint density at radius 1 is 1.44 bits per heavy atom. The van der Waals surface area contributed by atoms with Gasteiger partial charge in [0.05, 0.1) is 17.5 Å². The van der Waals surface area contributed by atoms with Crippen LogP contribution in [0.5, 0.6) is 0 Å². The van der Waals surface area contributed by atoms with Crippen molar-refractivity contribution in [3.05, 3.63) is 41.1 Å². The number of hydrogen-bond donors (Lipinski definition) is 2. The Morgan fingerprint density at radius 2 is 2.17 bits per heavy atom. The molecule has 18 heavy (non-hydrogen) atoms. The lowest BCUT2D eigenvalue weighted by Crippen LogP contribution is -2.35. The largest absolute Gasteiger partial charge is 0.396 e. The lowest BCUT2D eigenvalue weighted by Gasteiger charge is -2.10. The van der Waals surface area contributed by atoms with E-state index in [-0.39, 0.29) is 17.0 Å². The van der Waals surface area contributed by atoms with E-state index in [0.29, 0.717) is 0 Å². The van der Waals surface area contributed by atoms with Gasteiger partial charge in [0.2, 0.25) is 0 Å². The zero-order chi connectivity index (χ0) is 13.3. The molecule has 1 atom stereocenters. The van der Waals surface area contributed by atoms with Gasteiger partial charge in [-0.15, -0.1) is 0 Å². The molecule has 96 valence electrons. The molecule has 1 aliphatic rings. The van der Waals surface area contributed by atoms with Crippen LogP contribution >= 0.6 is 0 Å². The molecule has 1 aromatic carbocycles. The third kappa shape index (κ3) is 2.67. The molecule has 0 saturated carbocycles. The number of anilines is 1. The smallest absolute Gasteiger partial charge is 0.251 e. The van der Waals surface area contributed by atoms with Crippen LogP contribution in [-0.4, -0.2) is 26.1 Å². The molecule has 5 nitrogen and oxygen atoms in total. The molecule has 1 aromatic rings. The van der Waals surface area contributed by atoms with Crippen molar-refractivity contribution in [1.82, 2.24) is 5.32 Å². The van der Waals surface area contributed by atoms with Crippen LogP contribution < -0.4 is 11.1 Å². The summed E-state index contributed by atoms with van der Waals surface area (Å²) in [5, 5.41) is 3.58. The first-order valence-electron chi connectivity index (χ1n) is 5.14. The van der Waals surface area contributed by atoms with Gasteiger partial charge in [-0.3, -0.25) is 4.79 Å². The molecule has 2 rings (SSSR count). The molecule has 7 heteroatoms. The van der Waals surface area contributed by atoms with Crippen molar-refractivity contribution in [1.29, 1.82) is 0 Å². The quantitative estimate of drug-likeness (QED) is 0.763. The minimum absolute atomic E-state index is 0.128. The van der Waals surface area contributed by atoms with Gasteiger partial charge in [-0.05, 0) is 24.3 Å². The molecule has 0 bridgehead atoms. The minimum atomic E-state index is -3.22. The van der Waals surface area contributed by atoms with E-state index in [1.54, 1.807) is 0 Å². The standard InChI is InChI=1S/C11H11FN2O3S/c12-9-2-1-7(5-10(9)13)11(15)14-8-3-4-18(16,17)6-8/h1-5,8H,6,13H2,(H,14,15). The Morgan fingerprint density at radius 3 is 2.72 bits per heavy atom. The van der Waals surface area contributed by atoms with Crippen molar-refractivity contribution < 1.29 is 17.6 Å². The van der Waals surface area contributed by atoms with Gasteiger partial charge in [0.1, 0.15) is 5.82 Å². The van der Waals surface area contributed by atoms with Gasteiger partial charge in [0.25, 0.3) is 5.91 Å². The number of nitrogens with two attached hydrogens (primary N) is 1. The number of rotatable bonds is 2. The molecule has 0 spiro atoms. The van der Waals surface area contributed by atoms with Gasteiger partial charge < -0.3 is 11.1 Å². The summed E-state index contributed by atoms with van der Waals surface area (Å²) in [5.74, 6) is -1.25. The summed E-state index contributed by atoms with van der Waals surface area (Å²) in [5.41, 5.74) is 5.40. The fourth-order valence-corrected chi connectivity index (χ4v) is 2.84. The van der Waals surface area contributed by atoms with Crippen molar-refractivity contribution in [2.45, 2.75) is 6.04 Å². The predicted octanol–water partition coefficient (Wildman–Crippen LogP) is 0.448. The fraction of sp³-hybridized carbons (Fsp3) is 0.182. The summed E-state index contributed by atoms with van der Waals surface area (Å²) >= 11 is 0. The number of carbonyl (C=O) groups is 1. The monoisotopic (exact) mass is 270 g/mol. The number of nitrogens with one attached hydrogen (secondary N) is 1. The molecule has 1 unspecified atom stereocenters. The molecule has 1 amide bonds. The number of halogens is 1. The van der Waals surface area contributed by atoms with E-state index in [0.717, 1.165) is 11.5 Å². The number of carbonyl (C=O) groups excluding carboxylic acids is 1. The van der Waals surface area contributed by atoms with Crippen LogP contribution in [0.4, 0.5) is 10.1 Å². The molecular formula is C11H11FN2O3S. The Balaban J connectivity index is 2.09. The Bertz CT molecular complexity index is 625. The average molecular weight is 270 g/mol. The first-order valence-corrected chi connectivity index (χ1v) is 6.86. The van der Waals surface area contributed by atoms with Gasteiger partial charge in [-0.25, -0.2) is 12.8 Å².